The zero-order valence-corrected chi connectivity index (χ0v) is 11.4. The monoisotopic (exact) mass is 279 g/mol. The van der Waals surface area contributed by atoms with Gasteiger partial charge in [-0.05, 0) is 24.7 Å². The molecule has 5 nitrogen and oxygen atoms in total. The van der Waals surface area contributed by atoms with Gasteiger partial charge in [-0.15, -0.1) is 0 Å². The van der Waals surface area contributed by atoms with Crippen LogP contribution in [0.2, 0.25) is 0 Å². The Labute approximate surface area is 116 Å². The number of anilines is 3. The lowest BCUT2D eigenvalue weighted by atomic mass is 10.1. The Hall–Kier alpha value is -1.56. The lowest BCUT2D eigenvalue weighted by Gasteiger charge is -2.26. The molecule has 1 fully saturated rings. The number of hydrogen-bond donors (Lipinski definition) is 3. The molecular formula is C13H17N3O2S. The van der Waals surface area contributed by atoms with Gasteiger partial charge >= 0.3 is 0 Å². The molecule has 1 atom stereocenters. The minimum absolute atomic E-state index is 0.0540. The van der Waals surface area contributed by atoms with Crippen LogP contribution in [0.15, 0.2) is 12.1 Å². The fourth-order valence-electron chi connectivity index (χ4n) is 2.34. The quantitative estimate of drug-likeness (QED) is 0.721. The molecule has 0 spiro atoms. The fraction of sp³-hybridized carbons (Fsp3) is 0.462. The summed E-state index contributed by atoms with van der Waals surface area (Å²) >= 11 is 1.96. The van der Waals surface area contributed by atoms with Crippen molar-refractivity contribution in [3.8, 4) is 5.75 Å². The summed E-state index contributed by atoms with van der Waals surface area (Å²) in [5, 5.41) is 6.26. The molecule has 4 N–H and O–H groups in total. The second-order valence-corrected chi connectivity index (χ2v) is 5.98. The summed E-state index contributed by atoms with van der Waals surface area (Å²) in [5.74, 6) is 2.85. The number of nitrogens with one attached hydrogen (secondary N) is 2. The number of ether oxygens (including phenoxy) is 1. The van der Waals surface area contributed by atoms with Gasteiger partial charge in [0.05, 0.1) is 17.1 Å². The first-order chi connectivity index (χ1) is 9.22. The van der Waals surface area contributed by atoms with E-state index in [-0.39, 0.29) is 12.5 Å². The Balaban J connectivity index is 1.80. The summed E-state index contributed by atoms with van der Waals surface area (Å²) in [5.41, 5.74) is 8.26. The fourth-order valence-corrected chi connectivity index (χ4v) is 3.41. The molecule has 102 valence electrons. The molecule has 3 rings (SSSR count). The summed E-state index contributed by atoms with van der Waals surface area (Å²) in [6.45, 7) is 0.0540. The smallest absolute Gasteiger partial charge is 0.262 e. The van der Waals surface area contributed by atoms with Crippen molar-refractivity contribution in [2.45, 2.75) is 18.9 Å². The van der Waals surface area contributed by atoms with E-state index in [0.717, 1.165) is 17.9 Å². The molecule has 1 aromatic carbocycles. The summed E-state index contributed by atoms with van der Waals surface area (Å²) in [4.78, 5) is 11.3. The van der Waals surface area contributed by atoms with Crippen LogP contribution in [0.25, 0.3) is 0 Å². The van der Waals surface area contributed by atoms with E-state index in [1.807, 2.05) is 17.8 Å². The number of benzene rings is 1. The number of amides is 1. The number of rotatable bonds is 2. The highest BCUT2D eigenvalue weighted by molar-refractivity contribution is 7.99. The van der Waals surface area contributed by atoms with Crippen molar-refractivity contribution >= 4 is 34.7 Å². The number of nitrogen functional groups attached to an aromatic ring is 1. The highest BCUT2D eigenvalue weighted by atomic mass is 32.2. The largest absolute Gasteiger partial charge is 0.482 e. The first-order valence-electron chi connectivity index (χ1n) is 6.43. The van der Waals surface area contributed by atoms with Crippen LogP contribution in [0.1, 0.15) is 12.8 Å². The highest BCUT2D eigenvalue weighted by Crippen LogP contribution is 2.36. The molecule has 0 saturated carbocycles. The van der Waals surface area contributed by atoms with E-state index in [0.29, 0.717) is 23.2 Å². The molecule has 0 aliphatic carbocycles. The van der Waals surface area contributed by atoms with Crippen LogP contribution in [-0.2, 0) is 4.79 Å². The highest BCUT2D eigenvalue weighted by Gasteiger charge is 2.20. The van der Waals surface area contributed by atoms with Gasteiger partial charge in [-0.2, -0.15) is 11.8 Å². The third-order valence-corrected chi connectivity index (χ3v) is 4.52. The molecule has 1 saturated heterocycles. The standard InChI is InChI=1S/C13H17N3O2S/c14-9-4-12-11(16-13(17)6-18-12)5-10(9)15-8-2-1-3-19-7-8/h4-5,8,15H,1-3,6-7,14H2,(H,16,17). The van der Waals surface area contributed by atoms with Crippen LogP contribution in [-0.4, -0.2) is 30.1 Å². The van der Waals surface area contributed by atoms with Crippen LogP contribution in [0.3, 0.4) is 0 Å². The van der Waals surface area contributed by atoms with Gasteiger partial charge in [0, 0.05) is 17.9 Å². The molecule has 0 bridgehead atoms. The average molecular weight is 279 g/mol. The second kappa shape index (κ2) is 5.21. The van der Waals surface area contributed by atoms with Gasteiger partial charge in [-0.3, -0.25) is 4.79 Å². The van der Waals surface area contributed by atoms with E-state index >= 15 is 0 Å². The Morgan fingerprint density at radius 3 is 3.16 bits per heavy atom. The molecule has 2 heterocycles. The first-order valence-corrected chi connectivity index (χ1v) is 7.58. The summed E-state index contributed by atoms with van der Waals surface area (Å²) in [7, 11) is 0. The predicted octanol–water partition coefficient (Wildman–Crippen LogP) is 1.91. The predicted molar refractivity (Wildman–Crippen MR) is 78.9 cm³/mol. The van der Waals surface area contributed by atoms with E-state index in [9.17, 15) is 4.79 Å². The molecule has 2 aliphatic heterocycles. The van der Waals surface area contributed by atoms with Crippen molar-refractivity contribution < 1.29 is 9.53 Å². The molecule has 19 heavy (non-hydrogen) atoms. The van der Waals surface area contributed by atoms with Crippen LogP contribution in [0, 0.1) is 0 Å². The van der Waals surface area contributed by atoms with Crippen molar-refractivity contribution in [2.75, 3.05) is 34.5 Å². The zero-order valence-electron chi connectivity index (χ0n) is 10.6. The third-order valence-electron chi connectivity index (χ3n) is 3.30. The van der Waals surface area contributed by atoms with E-state index in [1.165, 1.54) is 12.2 Å². The second-order valence-electron chi connectivity index (χ2n) is 4.83. The number of nitrogens with two attached hydrogens (primary N) is 1. The van der Waals surface area contributed by atoms with Crippen molar-refractivity contribution in [2.24, 2.45) is 0 Å². The topological polar surface area (TPSA) is 76.4 Å². The molecule has 2 aliphatic rings. The number of carbonyl (C=O) groups excluding carboxylic acids is 1. The van der Waals surface area contributed by atoms with Gasteiger partial charge in [-0.1, -0.05) is 0 Å². The molecule has 0 aromatic heterocycles. The number of hydrogen-bond acceptors (Lipinski definition) is 5. The van der Waals surface area contributed by atoms with Gasteiger partial charge in [-0.25, -0.2) is 0 Å². The van der Waals surface area contributed by atoms with Crippen molar-refractivity contribution in [3.05, 3.63) is 12.1 Å². The van der Waals surface area contributed by atoms with Gasteiger partial charge in [0.15, 0.2) is 6.61 Å². The molecule has 1 amide bonds. The van der Waals surface area contributed by atoms with Gasteiger partial charge < -0.3 is 21.1 Å². The Morgan fingerprint density at radius 2 is 2.37 bits per heavy atom. The maximum atomic E-state index is 11.3. The van der Waals surface area contributed by atoms with Crippen molar-refractivity contribution in [1.82, 2.24) is 0 Å². The lowest BCUT2D eigenvalue weighted by Crippen LogP contribution is -2.28. The van der Waals surface area contributed by atoms with Crippen LogP contribution >= 0.6 is 11.8 Å². The third kappa shape index (κ3) is 2.73. The Morgan fingerprint density at radius 1 is 1.47 bits per heavy atom. The summed E-state index contributed by atoms with van der Waals surface area (Å²) < 4.78 is 5.34. The van der Waals surface area contributed by atoms with E-state index in [1.54, 1.807) is 6.07 Å². The van der Waals surface area contributed by atoms with Gasteiger partial charge in [0.25, 0.3) is 5.91 Å². The van der Waals surface area contributed by atoms with Gasteiger partial charge in [0.1, 0.15) is 5.75 Å². The maximum absolute atomic E-state index is 11.3. The lowest BCUT2D eigenvalue weighted by molar-refractivity contribution is -0.118. The normalized spacial score (nSPS) is 22.1. The van der Waals surface area contributed by atoms with E-state index < -0.39 is 0 Å². The van der Waals surface area contributed by atoms with E-state index in [4.69, 9.17) is 10.5 Å². The van der Waals surface area contributed by atoms with Gasteiger partial charge in [0.2, 0.25) is 0 Å². The Kier molecular flexibility index (Phi) is 3.42. The molecular weight excluding hydrogens is 262 g/mol. The van der Waals surface area contributed by atoms with Crippen molar-refractivity contribution in [3.63, 3.8) is 0 Å². The number of fused-ring (bicyclic) bond motifs is 1. The van der Waals surface area contributed by atoms with E-state index in [2.05, 4.69) is 10.6 Å². The molecule has 1 unspecified atom stereocenters. The zero-order chi connectivity index (χ0) is 13.2. The summed E-state index contributed by atoms with van der Waals surface area (Å²) in [6, 6.07) is 4.08. The molecule has 0 radical (unpaired) electrons. The SMILES string of the molecule is Nc1cc2c(cc1NC1CCCSC1)NC(=O)CO2. The van der Waals surface area contributed by atoms with Crippen LogP contribution in [0.4, 0.5) is 17.1 Å². The maximum Gasteiger partial charge on any atom is 0.262 e. The first kappa shape index (κ1) is 12.5. The van der Waals surface area contributed by atoms with Crippen molar-refractivity contribution in [1.29, 1.82) is 0 Å². The Bertz CT molecular complexity index is 501. The molecule has 1 aromatic rings. The minimum Gasteiger partial charge on any atom is -0.482 e. The van der Waals surface area contributed by atoms with Crippen LogP contribution in [0.5, 0.6) is 5.75 Å². The minimum atomic E-state index is -0.128. The molecule has 6 heteroatoms. The average Bonchev–Trinajstić information content (AvgIpc) is 2.41. The summed E-state index contributed by atoms with van der Waals surface area (Å²) in [6.07, 6.45) is 2.39. The number of thioether (sulfide) groups is 1. The number of carbonyl (C=O) groups is 1. The van der Waals surface area contributed by atoms with Crippen LogP contribution < -0.4 is 21.1 Å².